The molecule has 5 nitrogen and oxygen atoms in total. The van der Waals surface area contributed by atoms with Crippen LogP contribution >= 0.6 is 0 Å². The van der Waals surface area contributed by atoms with E-state index in [1.54, 1.807) is 0 Å². The van der Waals surface area contributed by atoms with Crippen LogP contribution in [0.25, 0.3) is 116 Å². The summed E-state index contributed by atoms with van der Waals surface area (Å²) in [5, 5.41) is 11.5. The molecule has 260 valence electrons. The van der Waals surface area contributed by atoms with E-state index in [4.69, 9.17) is 19.4 Å². The average molecular weight is 715 g/mol. The van der Waals surface area contributed by atoms with Crippen molar-refractivity contribution in [1.29, 1.82) is 0 Å². The van der Waals surface area contributed by atoms with E-state index >= 15 is 0 Å². The fourth-order valence-electron chi connectivity index (χ4n) is 8.49. The van der Waals surface area contributed by atoms with Gasteiger partial charge in [0.05, 0.1) is 11.0 Å². The fourth-order valence-corrected chi connectivity index (χ4v) is 8.49. The van der Waals surface area contributed by atoms with E-state index in [9.17, 15) is 0 Å². The highest BCUT2D eigenvalue weighted by Gasteiger charge is 2.20. The van der Waals surface area contributed by atoms with E-state index in [0.717, 1.165) is 66.0 Å². The number of furan rings is 1. The molecular weight excluding hydrogens is 685 g/mol. The van der Waals surface area contributed by atoms with Crippen molar-refractivity contribution in [2.75, 3.05) is 0 Å². The van der Waals surface area contributed by atoms with Crippen LogP contribution in [0.3, 0.4) is 0 Å². The molecule has 0 saturated carbocycles. The summed E-state index contributed by atoms with van der Waals surface area (Å²) in [6.45, 7) is 0. The van der Waals surface area contributed by atoms with Gasteiger partial charge < -0.3 is 4.42 Å². The van der Waals surface area contributed by atoms with Crippen LogP contribution in [-0.4, -0.2) is 19.5 Å². The van der Waals surface area contributed by atoms with Gasteiger partial charge in [0.15, 0.2) is 11.6 Å². The van der Waals surface area contributed by atoms with Crippen molar-refractivity contribution in [2.24, 2.45) is 0 Å². The van der Waals surface area contributed by atoms with Gasteiger partial charge in [0.25, 0.3) is 0 Å². The first-order chi connectivity index (χ1) is 27.7. The first-order valence-electron chi connectivity index (χ1n) is 18.8. The monoisotopic (exact) mass is 714 g/mol. The van der Waals surface area contributed by atoms with Crippen LogP contribution < -0.4 is 0 Å². The number of benzene rings is 9. The molecule has 0 unspecified atom stereocenters. The summed E-state index contributed by atoms with van der Waals surface area (Å²) in [7, 11) is 0. The van der Waals surface area contributed by atoms with Crippen LogP contribution in [-0.2, 0) is 0 Å². The highest BCUT2D eigenvalue weighted by Crippen LogP contribution is 2.38. The van der Waals surface area contributed by atoms with Crippen molar-refractivity contribution in [3.8, 4) is 39.9 Å². The van der Waals surface area contributed by atoms with Gasteiger partial charge in [-0.15, -0.1) is 0 Å². The molecule has 0 radical (unpaired) electrons. The Morgan fingerprint density at radius 2 is 0.946 bits per heavy atom. The first kappa shape index (κ1) is 30.8. The lowest BCUT2D eigenvalue weighted by Crippen LogP contribution is -2.06. The number of hydrogen-bond acceptors (Lipinski definition) is 4. The zero-order valence-electron chi connectivity index (χ0n) is 30.0. The molecule has 5 heteroatoms. The van der Waals surface area contributed by atoms with E-state index in [-0.39, 0.29) is 0 Å². The number of aromatic nitrogens is 4. The second kappa shape index (κ2) is 11.9. The molecule has 0 saturated heterocycles. The van der Waals surface area contributed by atoms with Crippen LogP contribution in [0.15, 0.2) is 186 Å². The van der Waals surface area contributed by atoms with Gasteiger partial charge in [-0.3, -0.25) is 4.57 Å². The average Bonchev–Trinajstić information content (AvgIpc) is 3.80. The molecule has 0 bridgehead atoms. The lowest BCUT2D eigenvalue weighted by Gasteiger charge is -2.12. The molecule has 0 fully saturated rings. The van der Waals surface area contributed by atoms with E-state index in [1.807, 2.05) is 6.07 Å². The topological polar surface area (TPSA) is 56.7 Å². The minimum atomic E-state index is 0.561. The molecule has 0 N–H and O–H groups in total. The lowest BCUT2D eigenvalue weighted by molar-refractivity contribution is 0.669. The van der Waals surface area contributed by atoms with E-state index in [2.05, 4.69) is 180 Å². The largest absolute Gasteiger partial charge is 0.456 e. The Bertz CT molecular complexity index is 3560. The highest BCUT2D eigenvalue weighted by molar-refractivity contribution is 6.21. The van der Waals surface area contributed by atoms with Gasteiger partial charge in [-0.05, 0) is 98.0 Å². The van der Waals surface area contributed by atoms with Gasteiger partial charge in [-0.1, -0.05) is 127 Å². The third kappa shape index (κ3) is 4.78. The smallest absolute Gasteiger partial charge is 0.238 e. The summed E-state index contributed by atoms with van der Waals surface area (Å²) in [6.07, 6.45) is 0. The van der Waals surface area contributed by atoms with Gasteiger partial charge in [0.2, 0.25) is 5.95 Å². The predicted molar refractivity (Wildman–Crippen MR) is 230 cm³/mol. The molecule has 0 aliphatic carbocycles. The molecule has 0 spiro atoms. The highest BCUT2D eigenvalue weighted by atomic mass is 16.3. The Kier molecular flexibility index (Phi) is 6.56. The zero-order valence-corrected chi connectivity index (χ0v) is 30.0. The van der Waals surface area contributed by atoms with E-state index in [0.29, 0.717) is 17.6 Å². The molecular formula is C51H30N4O. The van der Waals surface area contributed by atoms with Gasteiger partial charge in [-0.25, -0.2) is 4.98 Å². The molecule has 12 rings (SSSR count). The normalized spacial score (nSPS) is 11.9. The number of para-hydroxylation sites is 1. The van der Waals surface area contributed by atoms with Gasteiger partial charge in [0.1, 0.15) is 11.2 Å². The Balaban J connectivity index is 1.11. The summed E-state index contributed by atoms with van der Waals surface area (Å²) in [4.78, 5) is 15.8. The standard InChI is InChI=1S/C51H30N4O/c1-2-12-33-26-37(21-20-31(33)10-1)34-15-9-16-38(27-34)49-52-50(39-23-25-46-42(29-39)43-28-35-13-3-4-14-36(35)30-47(43)56-46)54-51(53-49)55-44-19-8-7-18-41(44)48-40-17-6-5-11-32(40)22-24-45(48)55/h1-30H. The summed E-state index contributed by atoms with van der Waals surface area (Å²) < 4.78 is 8.57. The van der Waals surface area contributed by atoms with Crippen LogP contribution in [0.1, 0.15) is 0 Å². The molecule has 0 aliphatic heterocycles. The van der Waals surface area contributed by atoms with Crippen molar-refractivity contribution in [1.82, 2.24) is 19.5 Å². The van der Waals surface area contributed by atoms with Crippen molar-refractivity contribution >= 4 is 76.1 Å². The molecule has 0 amide bonds. The number of hydrogen-bond donors (Lipinski definition) is 0. The minimum Gasteiger partial charge on any atom is -0.456 e. The van der Waals surface area contributed by atoms with Crippen LogP contribution in [0.4, 0.5) is 0 Å². The first-order valence-corrected chi connectivity index (χ1v) is 18.8. The molecule has 9 aromatic carbocycles. The summed E-state index contributed by atoms with van der Waals surface area (Å²) in [6, 6.07) is 64.0. The summed E-state index contributed by atoms with van der Waals surface area (Å²) >= 11 is 0. The van der Waals surface area contributed by atoms with Crippen molar-refractivity contribution in [2.45, 2.75) is 0 Å². The van der Waals surface area contributed by atoms with E-state index in [1.165, 1.54) is 32.3 Å². The van der Waals surface area contributed by atoms with Gasteiger partial charge >= 0.3 is 0 Å². The molecule has 12 aromatic rings. The minimum absolute atomic E-state index is 0.561. The maximum absolute atomic E-state index is 6.38. The number of fused-ring (bicyclic) bond motifs is 10. The lowest BCUT2D eigenvalue weighted by atomic mass is 9.99. The number of rotatable bonds is 4. The summed E-state index contributed by atoms with van der Waals surface area (Å²) in [5.74, 6) is 1.75. The number of nitrogens with zero attached hydrogens (tertiary/aromatic N) is 4. The Morgan fingerprint density at radius 3 is 1.79 bits per heavy atom. The Morgan fingerprint density at radius 1 is 0.339 bits per heavy atom. The summed E-state index contributed by atoms with van der Waals surface area (Å²) in [5.41, 5.74) is 7.79. The molecule has 3 heterocycles. The Labute approximate surface area is 320 Å². The molecule has 56 heavy (non-hydrogen) atoms. The molecule has 0 aliphatic rings. The Hall–Kier alpha value is -7.63. The van der Waals surface area contributed by atoms with Crippen LogP contribution in [0, 0.1) is 0 Å². The fraction of sp³-hybridized carbons (Fsp3) is 0. The van der Waals surface area contributed by atoms with Gasteiger partial charge in [0, 0.05) is 32.7 Å². The SMILES string of the molecule is c1cc(-c2ccc3ccccc3c2)cc(-c2nc(-c3ccc4oc5cc6ccccc6cc5c4c3)nc(-n3c4ccccc4c4c5ccccc5ccc43)n2)c1. The van der Waals surface area contributed by atoms with Gasteiger partial charge in [-0.2, -0.15) is 9.97 Å². The quantitative estimate of drug-likeness (QED) is 0.182. The van der Waals surface area contributed by atoms with E-state index < -0.39 is 0 Å². The van der Waals surface area contributed by atoms with Crippen molar-refractivity contribution < 1.29 is 4.42 Å². The second-order valence-corrected chi connectivity index (χ2v) is 14.5. The second-order valence-electron chi connectivity index (χ2n) is 14.5. The molecule has 0 atom stereocenters. The van der Waals surface area contributed by atoms with Crippen LogP contribution in [0.2, 0.25) is 0 Å². The van der Waals surface area contributed by atoms with Crippen LogP contribution in [0.5, 0.6) is 0 Å². The third-order valence-electron chi connectivity index (χ3n) is 11.2. The maximum atomic E-state index is 6.38. The zero-order chi connectivity index (χ0) is 36.7. The maximum Gasteiger partial charge on any atom is 0.238 e. The van der Waals surface area contributed by atoms with Crippen molar-refractivity contribution in [3.63, 3.8) is 0 Å². The predicted octanol–water partition coefficient (Wildman–Crippen LogP) is 13.3. The molecule has 3 aromatic heterocycles. The van der Waals surface area contributed by atoms with Crippen molar-refractivity contribution in [3.05, 3.63) is 182 Å². The third-order valence-corrected chi connectivity index (χ3v) is 11.2.